The number of nitrogens with zero attached hydrogens (tertiary/aromatic N) is 1. The van der Waals surface area contributed by atoms with Gasteiger partial charge in [-0.2, -0.15) is 0 Å². The summed E-state index contributed by atoms with van der Waals surface area (Å²) in [4.78, 5) is 57.2. The SMILES string of the molecule is COc1ccc([C@@H]2c3cc(OC)c(OC)cc3CCN2[C@@H]2O[C@H](COC(=O)C(C)(C)C)[C@H](OC(=O)C(C)(C)C)[C@H](OC(=O)C(C)(C)C)[C@H]2OC(=O)C(C)(C)C)cc1OC. The summed E-state index contributed by atoms with van der Waals surface area (Å²) in [6, 6.07) is 8.75. The molecule has 0 bridgehead atoms. The molecule has 0 amide bonds. The molecule has 2 aromatic rings. The maximum atomic E-state index is 14.1. The van der Waals surface area contributed by atoms with E-state index in [0.717, 1.165) is 16.7 Å². The van der Waals surface area contributed by atoms with Crippen molar-refractivity contribution in [2.45, 2.75) is 126 Å². The van der Waals surface area contributed by atoms with Gasteiger partial charge in [0.1, 0.15) is 12.7 Å². The van der Waals surface area contributed by atoms with Crippen molar-refractivity contribution in [2.24, 2.45) is 21.7 Å². The largest absolute Gasteiger partial charge is 0.493 e. The van der Waals surface area contributed by atoms with Gasteiger partial charge < -0.3 is 42.6 Å². The Hall–Kier alpha value is -4.56. The summed E-state index contributed by atoms with van der Waals surface area (Å²) < 4.78 is 54.7. The summed E-state index contributed by atoms with van der Waals surface area (Å²) in [5.74, 6) is -0.402. The fourth-order valence-electron chi connectivity index (χ4n) is 6.61. The summed E-state index contributed by atoms with van der Waals surface area (Å²) in [7, 11) is 6.23. The molecule has 0 radical (unpaired) electrons. The van der Waals surface area contributed by atoms with Crippen molar-refractivity contribution < 1.29 is 61.8 Å². The first-order valence-corrected chi connectivity index (χ1v) is 19.9. The molecule has 0 aliphatic carbocycles. The maximum absolute atomic E-state index is 14.1. The highest BCUT2D eigenvalue weighted by Gasteiger charge is 2.57. The molecule has 14 nitrogen and oxygen atoms in total. The predicted molar refractivity (Wildman–Crippen MR) is 218 cm³/mol. The number of methoxy groups -OCH3 is 4. The molecule has 2 aliphatic heterocycles. The van der Waals surface area contributed by atoms with Crippen molar-refractivity contribution in [3.63, 3.8) is 0 Å². The van der Waals surface area contributed by atoms with Crippen molar-refractivity contribution in [2.75, 3.05) is 41.6 Å². The summed E-state index contributed by atoms with van der Waals surface area (Å²) in [5, 5.41) is 0. The Morgan fingerprint density at radius 1 is 0.593 bits per heavy atom. The minimum atomic E-state index is -1.42. The van der Waals surface area contributed by atoms with Gasteiger partial charge in [0.05, 0.1) is 56.1 Å². The Balaban J connectivity index is 2.06. The molecule has 4 rings (SSSR count). The number of rotatable bonds is 11. The van der Waals surface area contributed by atoms with Crippen molar-refractivity contribution in [1.29, 1.82) is 0 Å². The van der Waals surface area contributed by atoms with E-state index < -0.39 is 82.2 Å². The van der Waals surface area contributed by atoms with Crippen LogP contribution in [0.4, 0.5) is 0 Å². The van der Waals surface area contributed by atoms with E-state index in [2.05, 4.69) is 0 Å². The van der Waals surface area contributed by atoms with Gasteiger partial charge in [-0.15, -0.1) is 0 Å². The average molecular weight is 828 g/mol. The zero-order valence-corrected chi connectivity index (χ0v) is 37.7. The highest BCUT2D eigenvalue weighted by Crippen LogP contribution is 2.46. The third-order valence-electron chi connectivity index (χ3n) is 10.1. The molecule has 0 saturated carbocycles. The zero-order valence-electron chi connectivity index (χ0n) is 37.7. The molecule has 1 fully saturated rings. The Labute approximate surface area is 349 Å². The number of hydrogen-bond acceptors (Lipinski definition) is 14. The van der Waals surface area contributed by atoms with Gasteiger partial charge in [-0.05, 0) is 130 Å². The standard InChI is InChI=1S/C45H65NO13/c1-42(2,3)38(47)55-24-32-34(57-39(48)43(4,5)6)35(58-40(49)44(7,8)9)36(59-41(50)45(10,11)12)37(56-32)46-20-19-25-21-30(53-15)31(54-16)23-27(25)33(46)26-17-18-28(51-13)29(22-26)52-14/h17-18,21-23,32-37H,19-20,24H2,1-16H3/t32-,33-,34+,35+,36-,37-/m1/s1. The van der Waals surface area contributed by atoms with E-state index >= 15 is 0 Å². The van der Waals surface area contributed by atoms with Crippen LogP contribution in [0, 0.1) is 21.7 Å². The number of carbonyl (C=O) groups is 4. The smallest absolute Gasteiger partial charge is 0.311 e. The van der Waals surface area contributed by atoms with E-state index in [1.54, 1.807) is 118 Å². The van der Waals surface area contributed by atoms with Gasteiger partial charge in [-0.3, -0.25) is 24.1 Å². The van der Waals surface area contributed by atoms with E-state index in [9.17, 15) is 19.2 Å². The van der Waals surface area contributed by atoms with Crippen molar-refractivity contribution in [3.8, 4) is 23.0 Å². The summed E-state index contributed by atoms with van der Waals surface area (Å²) in [5.41, 5.74) is -1.40. The van der Waals surface area contributed by atoms with Crippen LogP contribution in [-0.4, -0.2) is 101 Å². The number of fused-ring (bicyclic) bond motifs is 1. The summed E-state index contributed by atoms with van der Waals surface area (Å²) >= 11 is 0. The van der Waals surface area contributed by atoms with Gasteiger partial charge in [-0.1, -0.05) is 6.07 Å². The topological polar surface area (TPSA) is 155 Å². The summed E-state index contributed by atoms with van der Waals surface area (Å²) in [6.07, 6.45) is -6.06. The second-order valence-electron chi connectivity index (χ2n) is 19.2. The normalized spacial score (nSPS) is 22.6. The van der Waals surface area contributed by atoms with Crippen molar-refractivity contribution in [1.82, 2.24) is 4.90 Å². The Kier molecular flexibility index (Phi) is 14.3. The molecule has 2 aromatic carbocycles. The van der Waals surface area contributed by atoms with Crippen LogP contribution >= 0.6 is 0 Å². The molecule has 0 unspecified atom stereocenters. The Morgan fingerprint density at radius 3 is 1.54 bits per heavy atom. The second kappa shape index (κ2) is 18.0. The quantitative estimate of drug-likeness (QED) is 0.171. The van der Waals surface area contributed by atoms with Gasteiger partial charge in [0.25, 0.3) is 0 Å². The minimum Gasteiger partial charge on any atom is -0.493 e. The molecule has 59 heavy (non-hydrogen) atoms. The zero-order chi connectivity index (χ0) is 44.4. The average Bonchev–Trinajstić information content (AvgIpc) is 3.15. The lowest BCUT2D eigenvalue weighted by atomic mass is 9.85. The van der Waals surface area contributed by atoms with E-state index in [1.165, 1.54) is 0 Å². The molecule has 14 heteroatoms. The fourth-order valence-corrected chi connectivity index (χ4v) is 6.61. The molecule has 6 atom stereocenters. The summed E-state index contributed by atoms with van der Waals surface area (Å²) in [6.45, 7) is 20.4. The van der Waals surface area contributed by atoms with Crippen LogP contribution in [0.5, 0.6) is 23.0 Å². The first-order valence-electron chi connectivity index (χ1n) is 19.9. The van der Waals surface area contributed by atoms with Crippen LogP contribution in [-0.2, 0) is 49.3 Å². The number of esters is 4. The lowest BCUT2D eigenvalue weighted by Crippen LogP contribution is -2.68. The van der Waals surface area contributed by atoms with E-state index in [4.69, 9.17) is 42.6 Å². The molecular formula is C45H65NO13. The van der Waals surface area contributed by atoms with Crippen LogP contribution in [0.2, 0.25) is 0 Å². The number of hydrogen-bond donors (Lipinski definition) is 0. The monoisotopic (exact) mass is 827 g/mol. The van der Waals surface area contributed by atoms with Crippen molar-refractivity contribution in [3.05, 3.63) is 47.0 Å². The van der Waals surface area contributed by atoms with Gasteiger partial charge in [-0.25, -0.2) is 0 Å². The molecular weight excluding hydrogens is 762 g/mol. The Bertz CT molecular complexity index is 1850. The first kappa shape index (κ1) is 47.1. The van der Waals surface area contributed by atoms with Gasteiger partial charge in [0.2, 0.25) is 0 Å². The highest BCUT2D eigenvalue weighted by molar-refractivity contribution is 5.78. The molecule has 2 aliphatic rings. The molecule has 0 aromatic heterocycles. The maximum Gasteiger partial charge on any atom is 0.311 e. The highest BCUT2D eigenvalue weighted by atomic mass is 16.7. The van der Waals surface area contributed by atoms with Crippen molar-refractivity contribution >= 4 is 23.9 Å². The number of ether oxygens (including phenoxy) is 9. The van der Waals surface area contributed by atoms with Crippen LogP contribution in [0.3, 0.4) is 0 Å². The lowest BCUT2D eigenvalue weighted by Gasteiger charge is -2.51. The third-order valence-corrected chi connectivity index (χ3v) is 10.1. The molecule has 0 spiro atoms. The fraction of sp³-hybridized carbons (Fsp3) is 0.644. The van der Waals surface area contributed by atoms with Gasteiger partial charge in [0.15, 0.2) is 47.5 Å². The Morgan fingerprint density at radius 2 is 1.05 bits per heavy atom. The van der Waals surface area contributed by atoms with Gasteiger partial charge >= 0.3 is 23.9 Å². The molecule has 0 N–H and O–H groups in total. The lowest BCUT2D eigenvalue weighted by molar-refractivity contribution is -0.287. The second-order valence-corrected chi connectivity index (χ2v) is 19.2. The van der Waals surface area contributed by atoms with E-state index in [0.29, 0.717) is 36.0 Å². The van der Waals surface area contributed by atoms with Crippen LogP contribution in [0.15, 0.2) is 30.3 Å². The van der Waals surface area contributed by atoms with Crippen LogP contribution in [0.1, 0.15) is 106 Å². The van der Waals surface area contributed by atoms with Crippen LogP contribution < -0.4 is 18.9 Å². The molecule has 328 valence electrons. The van der Waals surface area contributed by atoms with Crippen LogP contribution in [0.25, 0.3) is 0 Å². The van der Waals surface area contributed by atoms with Gasteiger partial charge in [0, 0.05) is 6.54 Å². The van der Waals surface area contributed by atoms with E-state index in [-0.39, 0.29) is 6.61 Å². The molecule has 1 saturated heterocycles. The number of benzene rings is 2. The number of carbonyl (C=O) groups excluding carboxylic acids is 4. The minimum absolute atomic E-state index is 0.330. The van der Waals surface area contributed by atoms with E-state index in [1.807, 2.05) is 29.2 Å². The third kappa shape index (κ3) is 10.8. The predicted octanol–water partition coefficient (Wildman–Crippen LogP) is 6.86. The molecule has 2 heterocycles. The first-order chi connectivity index (χ1) is 27.3.